The van der Waals surface area contributed by atoms with Crippen LogP contribution in [-0.2, 0) is 6.42 Å². The first-order chi connectivity index (χ1) is 5.29. The Bertz CT molecular complexity index is 290. The van der Waals surface area contributed by atoms with E-state index in [1.165, 1.54) is 0 Å². The minimum atomic E-state index is 0.181. The highest BCUT2D eigenvalue weighted by Crippen LogP contribution is 2.22. The van der Waals surface area contributed by atoms with Crippen molar-refractivity contribution in [2.45, 2.75) is 19.8 Å². The van der Waals surface area contributed by atoms with Crippen LogP contribution < -0.4 is 0 Å². The zero-order valence-electron chi connectivity index (χ0n) is 6.42. The summed E-state index contributed by atoms with van der Waals surface area (Å²) in [4.78, 5) is 11.4. The first kappa shape index (κ1) is 6.58. The second kappa shape index (κ2) is 2.19. The SMILES string of the molecule is CC1CCc2[nH]ncc2C1=O. The Kier molecular flexibility index (Phi) is 1.31. The Hall–Kier alpha value is -1.12. The number of H-pyrrole nitrogens is 1. The fourth-order valence-corrected chi connectivity index (χ4v) is 1.47. The van der Waals surface area contributed by atoms with Gasteiger partial charge in [0.2, 0.25) is 0 Å². The highest BCUT2D eigenvalue weighted by Gasteiger charge is 2.24. The van der Waals surface area contributed by atoms with Gasteiger partial charge in [-0.1, -0.05) is 6.92 Å². The van der Waals surface area contributed by atoms with Crippen LogP contribution in [0, 0.1) is 5.92 Å². The molecule has 1 N–H and O–H groups in total. The minimum absolute atomic E-state index is 0.181. The van der Waals surface area contributed by atoms with Gasteiger partial charge in [-0.2, -0.15) is 5.10 Å². The van der Waals surface area contributed by atoms with Crippen LogP contribution in [0.3, 0.4) is 0 Å². The van der Waals surface area contributed by atoms with E-state index in [0.29, 0.717) is 0 Å². The standard InChI is InChI=1S/C8H10N2O/c1-5-2-3-7-6(8(5)11)4-9-10-7/h4-5H,2-3H2,1H3,(H,9,10). The molecule has 1 aliphatic rings. The molecule has 0 saturated carbocycles. The van der Waals surface area contributed by atoms with Crippen molar-refractivity contribution in [3.63, 3.8) is 0 Å². The molecule has 0 spiro atoms. The van der Waals surface area contributed by atoms with Crippen molar-refractivity contribution in [3.8, 4) is 0 Å². The number of aryl methyl sites for hydroxylation is 1. The molecule has 3 nitrogen and oxygen atoms in total. The van der Waals surface area contributed by atoms with E-state index >= 15 is 0 Å². The van der Waals surface area contributed by atoms with Gasteiger partial charge in [-0.3, -0.25) is 9.89 Å². The number of hydrogen-bond donors (Lipinski definition) is 1. The third-order valence-electron chi connectivity index (χ3n) is 2.26. The molecule has 0 aliphatic heterocycles. The second-order valence-corrected chi connectivity index (χ2v) is 3.07. The Morgan fingerprint density at radius 2 is 2.55 bits per heavy atom. The lowest BCUT2D eigenvalue weighted by atomic mass is 9.88. The lowest BCUT2D eigenvalue weighted by molar-refractivity contribution is 0.0913. The number of Topliss-reactive ketones (excluding diaryl/α,β-unsaturated/α-hetero) is 1. The first-order valence-electron chi connectivity index (χ1n) is 3.85. The van der Waals surface area contributed by atoms with Crippen molar-refractivity contribution >= 4 is 5.78 Å². The van der Waals surface area contributed by atoms with Gasteiger partial charge in [0, 0.05) is 11.6 Å². The van der Waals surface area contributed by atoms with Crippen LogP contribution in [-0.4, -0.2) is 16.0 Å². The number of aromatic nitrogens is 2. The topological polar surface area (TPSA) is 45.8 Å². The van der Waals surface area contributed by atoms with Gasteiger partial charge in [-0.15, -0.1) is 0 Å². The maximum absolute atomic E-state index is 11.4. The van der Waals surface area contributed by atoms with E-state index in [0.717, 1.165) is 24.1 Å². The van der Waals surface area contributed by atoms with Crippen molar-refractivity contribution in [3.05, 3.63) is 17.5 Å². The Balaban J connectivity index is 2.46. The fourth-order valence-electron chi connectivity index (χ4n) is 1.47. The van der Waals surface area contributed by atoms with Gasteiger partial charge in [-0.25, -0.2) is 0 Å². The third kappa shape index (κ3) is 0.878. The molecule has 1 heterocycles. The average Bonchev–Trinajstić information content (AvgIpc) is 2.45. The zero-order valence-corrected chi connectivity index (χ0v) is 6.42. The fraction of sp³-hybridized carbons (Fsp3) is 0.500. The number of hydrogen-bond acceptors (Lipinski definition) is 2. The minimum Gasteiger partial charge on any atom is -0.294 e. The summed E-state index contributed by atoms with van der Waals surface area (Å²) in [6.45, 7) is 1.97. The van der Waals surface area contributed by atoms with Crippen LogP contribution in [0.2, 0.25) is 0 Å². The van der Waals surface area contributed by atoms with Crippen LogP contribution in [0.25, 0.3) is 0 Å². The quantitative estimate of drug-likeness (QED) is 0.603. The number of rotatable bonds is 0. The highest BCUT2D eigenvalue weighted by molar-refractivity contribution is 5.99. The molecule has 2 rings (SSSR count). The first-order valence-corrected chi connectivity index (χ1v) is 3.85. The van der Waals surface area contributed by atoms with Gasteiger partial charge >= 0.3 is 0 Å². The van der Waals surface area contributed by atoms with Gasteiger partial charge in [0.1, 0.15) is 0 Å². The predicted molar refractivity (Wildman–Crippen MR) is 40.4 cm³/mol. The lowest BCUT2D eigenvalue weighted by Gasteiger charge is -2.15. The summed E-state index contributed by atoms with van der Waals surface area (Å²) in [5.41, 5.74) is 1.80. The molecule has 1 aliphatic carbocycles. The van der Waals surface area contributed by atoms with E-state index in [1.807, 2.05) is 6.92 Å². The van der Waals surface area contributed by atoms with Gasteiger partial charge < -0.3 is 0 Å². The molecule has 0 bridgehead atoms. The largest absolute Gasteiger partial charge is 0.294 e. The summed E-state index contributed by atoms with van der Waals surface area (Å²) in [5.74, 6) is 0.417. The number of ketones is 1. The van der Waals surface area contributed by atoms with Crippen LogP contribution in [0.4, 0.5) is 0 Å². The van der Waals surface area contributed by atoms with E-state index in [4.69, 9.17) is 0 Å². The summed E-state index contributed by atoms with van der Waals surface area (Å²) in [7, 11) is 0. The van der Waals surface area contributed by atoms with Crippen LogP contribution in [0.15, 0.2) is 6.20 Å². The summed E-state index contributed by atoms with van der Waals surface area (Å²) in [6, 6.07) is 0. The van der Waals surface area contributed by atoms with Crippen LogP contribution >= 0.6 is 0 Å². The van der Waals surface area contributed by atoms with Crippen molar-refractivity contribution < 1.29 is 4.79 Å². The summed E-state index contributed by atoms with van der Waals surface area (Å²) < 4.78 is 0. The predicted octanol–water partition coefficient (Wildman–Crippen LogP) is 1.17. The second-order valence-electron chi connectivity index (χ2n) is 3.07. The Morgan fingerprint density at radius 3 is 3.36 bits per heavy atom. The number of nitrogens with one attached hydrogen (secondary N) is 1. The maximum Gasteiger partial charge on any atom is 0.169 e. The van der Waals surface area contributed by atoms with E-state index in [1.54, 1.807) is 6.20 Å². The zero-order chi connectivity index (χ0) is 7.84. The Morgan fingerprint density at radius 1 is 1.73 bits per heavy atom. The molecule has 1 aromatic heterocycles. The normalized spacial score (nSPS) is 23.4. The van der Waals surface area contributed by atoms with Gasteiger partial charge in [0.15, 0.2) is 5.78 Å². The summed E-state index contributed by atoms with van der Waals surface area (Å²) >= 11 is 0. The van der Waals surface area contributed by atoms with Crippen LogP contribution in [0.5, 0.6) is 0 Å². The third-order valence-corrected chi connectivity index (χ3v) is 2.26. The lowest BCUT2D eigenvalue weighted by Crippen LogP contribution is -2.18. The average molecular weight is 150 g/mol. The van der Waals surface area contributed by atoms with E-state index < -0.39 is 0 Å². The molecule has 11 heavy (non-hydrogen) atoms. The molecule has 0 aromatic carbocycles. The molecule has 0 fully saturated rings. The highest BCUT2D eigenvalue weighted by atomic mass is 16.1. The molecule has 58 valence electrons. The van der Waals surface area contributed by atoms with E-state index in [9.17, 15) is 4.79 Å². The van der Waals surface area contributed by atoms with E-state index in [-0.39, 0.29) is 11.7 Å². The number of fused-ring (bicyclic) bond motifs is 1. The molecule has 1 aromatic rings. The van der Waals surface area contributed by atoms with Crippen molar-refractivity contribution in [2.24, 2.45) is 5.92 Å². The number of aromatic amines is 1. The van der Waals surface area contributed by atoms with Gasteiger partial charge in [0.25, 0.3) is 0 Å². The molecule has 3 heteroatoms. The van der Waals surface area contributed by atoms with Crippen molar-refractivity contribution in [1.82, 2.24) is 10.2 Å². The van der Waals surface area contributed by atoms with Gasteiger partial charge in [-0.05, 0) is 12.8 Å². The number of carbonyl (C=O) groups excluding carboxylic acids is 1. The summed E-state index contributed by atoms with van der Waals surface area (Å²) in [6.07, 6.45) is 3.55. The smallest absolute Gasteiger partial charge is 0.169 e. The maximum atomic E-state index is 11.4. The molecule has 1 atom stereocenters. The Labute approximate surface area is 64.8 Å². The van der Waals surface area contributed by atoms with Crippen molar-refractivity contribution in [2.75, 3.05) is 0 Å². The number of nitrogens with zero attached hydrogens (tertiary/aromatic N) is 1. The molecular formula is C8H10N2O. The monoisotopic (exact) mass is 150 g/mol. The van der Waals surface area contributed by atoms with E-state index in [2.05, 4.69) is 10.2 Å². The molecule has 0 radical (unpaired) electrons. The summed E-state index contributed by atoms with van der Waals surface area (Å²) in [5, 5.41) is 6.68. The van der Waals surface area contributed by atoms with Crippen LogP contribution in [0.1, 0.15) is 29.4 Å². The molecule has 1 unspecified atom stereocenters. The molecule has 0 saturated heterocycles. The van der Waals surface area contributed by atoms with Crippen molar-refractivity contribution in [1.29, 1.82) is 0 Å². The molecular weight excluding hydrogens is 140 g/mol. The molecule has 0 amide bonds. The number of carbonyl (C=O) groups is 1. The van der Waals surface area contributed by atoms with Gasteiger partial charge in [0.05, 0.1) is 11.8 Å².